The predicted octanol–water partition coefficient (Wildman–Crippen LogP) is 2.21. The first-order valence-electron chi connectivity index (χ1n) is 8.82. The van der Waals surface area contributed by atoms with Gasteiger partial charge in [0.05, 0.1) is 11.7 Å². The summed E-state index contributed by atoms with van der Waals surface area (Å²) in [4.78, 5) is 18.5. The van der Waals surface area contributed by atoms with E-state index in [9.17, 15) is 4.79 Å². The van der Waals surface area contributed by atoms with E-state index in [-0.39, 0.29) is 18.0 Å². The van der Waals surface area contributed by atoms with Crippen molar-refractivity contribution in [3.05, 3.63) is 29.2 Å². The number of amides is 2. The fourth-order valence-corrected chi connectivity index (χ4v) is 3.14. The van der Waals surface area contributed by atoms with Crippen LogP contribution < -0.4 is 5.32 Å². The first-order valence-corrected chi connectivity index (χ1v) is 8.82. The van der Waals surface area contributed by atoms with Gasteiger partial charge in [-0.05, 0) is 26.3 Å². The predicted molar refractivity (Wildman–Crippen MR) is 92.4 cm³/mol. The van der Waals surface area contributed by atoms with Crippen molar-refractivity contribution in [3.63, 3.8) is 0 Å². The van der Waals surface area contributed by atoms with Crippen LogP contribution in [0.15, 0.2) is 10.6 Å². The Morgan fingerprint density at radius 1 is 1.44 bits per heavy atom. The minimum Gasteiger partial charge on any atom is -0.339 e. The molecule has 1 saturated heterocycles. The highest BCUT2D eigenvalue weighted by Crippen LogP contribution is 2.23. The van der Waals surface area contributed by atoms with E-state index in [4.69, 9.17) is 4.52 Å². The van der Waals surface area contributed by atoms with E-state index in [0.29, 0.717) is 31.2 Å². The monoisotopic (exact) mass is 346 g/mol. The molecule has 1 fully saturated rings. The summed E-state index contributed by atoms with van der Waals surface area (Å²) in [5, 5.41) is 11.4. The van der Waals surface area contributed by atoms with Gasteiger partial charge < -0.3 is 14.7 Å². The molecule has 2 amide bonds. The van der Waals surface area contributed by atoms with Gasteiger partial charge in [-0.15, -0.1) is 0 Å². The lowest BCUT2D eigenvalue weighted by Gasteiger charge is -2.18. The normalized spacial score (nSPS) is 17.5. The summed E-state index contributed by atoms with van der Waals surface area (Å²) in [6.07, 6.45) is 1.49. The Labute approximate surface area is 147 Å². The second-order valence-electron chi connectivity index (χ2n) is 6.95. The Kier molecular flexibility index (Phi) is 5.06. The van der Waals surface area contributed by atoms with Gasteiger partial charge in [-0.3, -0.25) is 4.68 Å². The number of nitrogens with zero attached hydrogens (tertiary/aromatic N) is 5. The van der Waals surface area contributed by atoms with Gasteiger partial charge in [0.15, 0.2) is 5.82 Å². The van der Waals surface area contributed by atoms with Gasteiger partial charge in [0, 0.05) is 37.7 Å². The highest BCUT2D eigenvalue weighted by atomic mass is 16.5. The quantitative estimate of drug-likeness (QED) is 0.896. The van der Waals surface area contributed by atoms with Gasteiger partial charge in [-0.2, -0.15) is 10.1 Å². The van der Waals surface area contributed by atoms with E-state index in [1.54, 1.807) is 0 Å². The molecule has 0 aromatic carbocycles. The number of aryl methyl sites for hydroxylation is 2. The molecule has 2 aromatic rings. The summed E-state index contributed by atoms with van der Waals surface area (Å²) < 4.78 is 7.20. The number of nitrogens with one attached hydrogen (secondary N) is 1. The highest BCUT2D eigenvalue weighted by molar-refractivity contribution is 5.74. The number of rotatable bonds is 5. The zero-order valence-corrected chi connectivity index (χ0v) is 15.3. The lowest BCUT2D eigenvalue weighted by Crippen LogP contribution is -2.39. The molecule has 0 aliphatic carbocycles. The van der Waals surface area contributed by atoms with Crippen LogP contribution in [-0.4, -0.2) is 50.5 Å². The van der Waals surface area contributed by atoms with E-state index >= 15 is 0 Å². The lowest BCUT2D eigenvalue weighted by atomic mass is 10.2. The fourth-order valence-electron chi connectivity index (χ4n) is 3.14. The molecule has 8 nitrogen and oxygen atoms in total. The molecule has 3 heterocycles. The van der Waals surface area contributed by atoms with E-state index in [2.05, 4.69) is 33.5 Å². The van der Waals surface area contributed by atoms with Crippen LogP contribution in [0.4, 0.5) is 4.79 Å². The second-order valence-corrected chi connectivity index (χ2v) is 6.95. The maximum atomic E-state index is 12.3. The van der Waals surface area contributed by atoms with E-state index < -0.39 is 0 Å². The summed E-state index contributed by atoms with van der Waals surface area (Å²) in [7, 11) is 0. The molecule has 136 valence electrons. The largest absolute Gasteiger partial charge is 0.339 e. The Bertz CT molecular complexity index is 735. The van der Waals surface area contributed by atoms with E-state index in [1.165, 1.54) is 0 Å². The summed E-state index contributed by atoms with van der Waals surface area (Å²) in [6, 6.07) is 2.28. The van der Waals surface area contributed by atoms with Crippen molar-refractivity contribution in [1.29, 1.82) is 0 Å². The van der Waals surface area contributed by atoms with Crippen LogP contribution in [0.1, 0.15) is 55.3 Å². The summed E-state index contributed by atoms with van der Waals surface area (Å²) in [6.45, 7) is 9.99. The molecular formula is C17H26N6O2. The SMILES string of the molecule is Cc1cc(C)n([C@H]2CCN(C(=O)NCCc3noc(C(C)C)n3)C2)n1. The Balaban J connectivity index is 1.46. The minimum atomic E-state index is -0.0448. The van der Waals surface area contributed by atoms with Crippen LogP contribution in [0.5, 0.6) is 0 Å². The third-order valence-electron chi connectivity index (χ3n) is 4.44. The molecule has 0 saturated carbocycles. The van der Waals surface area contributed by atoms with Crippen LogP contribution in [-0.2, 0) is 6.42 Å². The smallest absolute Gasteiger partial charge is 0.317 e. The molecule has 8 heteroatoms. The number of likely N-dealkylation sites (tertiary alicyclic amines) is 1. The zero-order chi connectivity index (χ0) is 18.0. The molecule has 0 spiro atoms. The first-order chi connectivity index (χ1) is 11.9. The van der Waals surface area contributed by atoms with Crippen molar-refractivity contribution < 1.29 is 9.32 Å². The number of carbonyl (C=O) groups is 1. The van der Waals surface area contributed by atoms with Crippen LogP contribution in [0, 0.1) is 13.8 Å². The third-order valence-corrected chi connectivity index (χ3v) is 4.44. The van der Waals surface area contributed by atoms with Gasteiger partial charge >= 0.3 is 6.03 Å². The van der Waals surface area contributed by atoms with Crippen molar-refractivity contribution in [2.75, 3.05) is 19.6 Å². The Morgan fingerprint density at radius 2 is 2.24 bits per heavy atom. The van der Waals surface area contributed by atoms with Crippen molar-refractivity contribution in [3.8, 4) is 0 Å². The highest BCUT2D eigenvalue weighted by Gasteiger charge is 2.28. The van der Waals surface area contributed by atoms with Gasteiger partial charge in [0.2, 0.25) is 5.89 Å². The van der Waals surface area contributed by atoms with Crippen molar-refractivity contribution in [2.24, 2.45) is 0 Å². The van der Waals surface area contributed by atoms with Crippen molar-refractivity contribution >= 4 is 6.03 Å². The summed E-state index contributed by atoms with van der Waals surface area (Å²) >= 11 is 0. The average Bonchev–Trinajstić information content (AvgIpc) is 3.26. The van der Waals surface area contributed by atoms with Gasteiger partial charge in [0.25, 0.3) is 0 Å². The number of aromatic nitrogens is 4. The maximum Gasteiger partial charge on any atom is 0.317 e. The average molecular weight is 346 g/mol. The Hall–Kier alpha value is -2.38. The standard InChI is InChI=1S/C17H26N6O2/c1-11(2)16-19-15(21-25-16)5-7-18-17(24)22-8-6-14(10-22)23-13(4)9-12(3)20-23/h9,11,14H,5-8,10H2,1-4H3,(H,18,24)/t14-/m0/s1. The van der Waals surface area contributed by atoms with E-state index in [0.717, 1.165) is 24.4 Å². The van der Waals surface area contributed by atoms with Crippen LogP contribution in [0.25, 0.3) is 0 Å². The lowest BCUT2D eigenvalue weighted by molar-refractivity contribution is 0.207. The van der Waals surface area contributed by atoms with Crippen LogP contribution >= 0.6 is 0 Å². The number of hydrogen-bond donors (Lipinski definition) is 1. The van der Waals surface area contributed by atoms with E-state index in [1.807, 2.05) is 30.4 Å². The van der Waals surface area contributed by atoms with Gasteiger partial charge in [-0.1, -0.05) is 19.0 Å². The molecule has 0 radical (unpaired) electrons. The molecule has 3 rings (SSSR count). The number of hydrogen-bond acceptors (Lipinski definition) is 5. The molecule has 1 aliphatic heterocycles. The third kappa shape index (κ3) is 4.00. The summed E-state index contributed by atoms with van der Waals surface area (Å²) in [5.41, 5.74) is 2.16. The molecule has 0 bridgehead atoms. The topological polar surface area (TPSA) is 89.1 Å². The van der Waals surface area contributed by atoms with Crippen LogP contribution in [0.3, 0.4) is 0 Å². The number of urea groups is 1. The molecule has 0 unspecified atom stereocenters. The number of carbonyl (C=O) groups excluding carboxylic acids is 1. The van der Waals surface area contributed by atoms with Gasteiger partial charge in [-0.25, -0.2) is 4.79 Å². The second kappa shape index (κ2) is 7.25. The molecule has 2 aromatic heterocycles. The van der Waals surface area contributed by atoms with Crippen molar-refractivity contribution in [2.45, 2.75) is 52.5 Å². The van der Waals surface area contributed by atoms with Crippen LogP contribution in [0.2, 0.25) is 0 Å². The Morgan fingerprint density at radius 3 is 2.88 bits per heavy atom. The minimum absolute atomic E-state index is 0.0448. The summed E-state index contributed by atoms with van der Waals surface area (Å²) in [5.74, 6) is 1.48. The molecular weight excluding hydrogens is 320 g/mol. The molecule has 1 N–H and O–H groups in total. The molecule has 1 aliphatic rings. The van der Waals surface area contributed by atoms with Gasteiger partial charge in [0.1, 0.15) is 0 Å². The fraction of sp³-hybridized carbons (Fsp3) is 0.647. The van der Waals surface area contributed by atoms with Crippen molar-refractivity contribution in [1.82, 2.24) is 30.1 Å². The molecule has 25 heavy (non-hydrogen) atoms. The maximum absolute atomic E-state index is 12.3. The zero-order valence-electron chi connectivity index (χ0n) is 15.3. The molecule has 1 atom stereocenters. The first kappa shape index (κ1) is 17.4.